The summed E-state index contributed by atoms with van der Waals surface area (Å²) in [5.41, 5.74) is -0.223. The predicted octanol–water partition coefficient (Wildman–Crippen LogP) is 2.03. The first-order chi connectivity index (χ1) is 9.54. The van der Waals surface area contributed by atoms with Crippen LogP contribution in [0.2, 0.25) is 0 Å². The zero-order valence-corrected chi connectivity index (χ0v) is 11.3. The van der Waals surface area contributed by atoms with Gasteiger partial charge in [0.1, 0.15) is 6.04 Å². The highest BCUT2D eigenvalue weighted by atomic mass is 16.6. The highest BCUT2D eigenvalue weighted by molar-refractivity contribution is 5.98. The van der Waals surface area contributed by atoms with Gasteiger partial charge in [0.15, 0.2) is 0 Å². The fourth-order valence-electron chi connectivity index (χ4n) is 1.61. The Morgan fingerprint density at radius 2 is 2.25 bits per heavy atom. The van der Waals surface area contributed by atoms with E-state index >= 15 is 0 Å². The Bertz CT molecular complexity index is 551. The molecule has 106 valence electrons. The third kappa shape index (κ3) is 3.45. The minimum Gasteiger partial charge on any atom is -0.487 e. The van der Waals surface area contributed by atoms with Gasteiger partial charge >= 0.3 is 5.69 Å². The van der Waals surface area contributed by atoms with Gasteiger partial charge in [-0.15, -0.1) is 0 Å². The maximum Gasteiger partial charge on any atom is 0.311 e. The Balaban J connectivity index is 3.17. The van der Waals surface area contributed by atoms with Crippen LogP contribution < -0.4 is 10.1 Å². The molecule has 0 fully saturated rings. The summed E-state index contributed by atoms with van der Waals surface area (Å²) in [4.78, 5) is 22.4. The van der Waals surface area contributed by atoms with Gasteiger partial charge in [0.2, 0.25) is 5.75 Å². The van der Waals surface area contributed by atoms with E-state index in [2.05, 4.69) is 5.32 Å². The topological polar surface area (TPSA) is 105 Å². The van der Waals surface area contributed by atoms with Crippen molar-refractivity contribution in [3.63, 3.8) is 0 Å². The molecule has 0 saturated heterocycles. The van der Waals surface area contributed by atoms with Crippen LogP contribution in [-0.4, -0.2) is 23.5 Å². The second-order valence-electron chi connectivity index (χ2n) is 3.91. The molecule has 0 bridgehead atoms. The molecule has 0 aromatic heterocycles. The van der Waals surface area contributed by atoms with Crippen LogP contribution in [0.4, 0.5) is 5.69 Å². The number of nitro benzene ring substituents is 1. The number of hydrogen-bond donors (Lipinski definition) is 1. The van der Waals surface area contributed by atoms with Crippen molar-refractivity contribution in [1.29, 1.82) is 5.26 Å². The maximum absolute atomic E-state index is 12.1. The van der Waals surface area contributed by atoms with E-state index in [4.69, 9.17) is 10.00 Å². The normalized spacial score (nSPS) is 11.2. The van der Waals surface area contributed by atoms with Crippen molar-refractivity contribution in [2.24, 2.45) is 0 Å². The van der Waals surface area contributed by atoms with E-state index in [9.17, 15) is 14.9 Å². The lowest BCUT2D eigenvalue weighted by atomic mass is 10.1. The van der Waals surface area contributed by atoms with Crippen molar-refractivity contribution in [2.45, 2.75) is 26.3 Å². The van der Waals surface area contributed by atoms with Crippen molar-refractivity contribution >= 4 is 11.6 Å². The lowest BCUT2D eigenvalue weighted by molar-refractivity contribution is -0.385. The van der Waals surface area contributed by atoms with Crippen LogP contribution in [0.5, 0.6) is 5.75 Å². The summed E-state index contributed by atoms with van der Waals surface area (Å²) in [6.45, 7) is 3.62. The number of para-hydroxylation sites is 1. The van der Waals surface area contributed by atoms with E-state index < -0.39 is 16.9 Å². The third-order valence-corrected chi connectivity index (χ3v) is 2.59. The Morgan fingerprint density at radius 1 is 1.55 bits per heavy atom. The Morgan fingerprint density at radius 3 is 2.75 bits per heavy atom. The molecule has 1 amide bonds. The number of nitriles is 1. The fourth-order valence-corrected chi connectivity index (χ4v) is 1.61. The zero-order valence-electron chi connectivity index (χ0n) is 11.3. The van der Waals surface area contributed by atoms with Crippen LogP contribution in [0.3, 0.4) is 0 Å². The Labute approximate surface area is 116 Å². The molecule has 20 heavy (non-hydrogen) atoms. The molecule has 0 saturated carbocycles. The zero-order chi connectivity index (χ0) is 15.1. The predicted molar refractivity (Wildman–Crippen MR) is 71.4 cm³/mol. The fraction of sp³-hybridized carbons (Fsp3) is 0.385. The number of carbonyl (C=O) groups excluding carboxylic acids is 1. The third-order valence-electron chi connectivity index (χ3n) is 2.59. The molecule has 1 atom stereocenters. The van der Waals surface area contributed by atoms with Crippen LogP contribution in [0.25, 0.3) is 0 Å². The van der Waals surface area contributed by atoms with Crippen molar-refractivity contribution in [2.75, 3.05) is 6.61 Å². The monoisotopic (exact) mass is 277 g/mol. The van der Waals surface area contributed by atoms with Crippen LogP contribution in [0.1, 0.15) is 30.6 Å². The number of ether oxygens (including phenoxy) is 1. The van der Waals surface area contributed by atoms with Gasteiger partial charge in [0, 0.05) is 6.07 Å². The Kier molecular flexibility index (Phi) is 5.47. The standard InChI is InChI=1S/C13H15N3O4/c1-3-9(8-14)15-13(17)10-6-5-7-11(16(18)19)12(10)20-4-2/h5-7,9H,3-4H2,1-2H3,(H,15,17). The molecule has 1 rings (SSSR count). The number of rotatable bonds is 6. The van der Waals surface area contributed by atoms with Gasteiger partial charge in [-0.1, -0.05) is 13.0 Å². The number of carbonyl (C=O) groups is 1. The Hall–Kier alpha value is -2.62. The average molecular weight is 277 g/mol. The maximum atomic E-state index is 12.1. The van der Waals surface area contributed by atoms with Crippen LogP contribution >= 0.6 is 0 Å². The van der Waals surface area contributed by atoms with Gasteiger partial charge in [-0.2, -0.15) is 5.26 Å². The number of hydrogen-bond acceptors (Lipinski definition) is 5. The molecule has 7 nitrogen and oxygen atoms in total. The van der Waals surface area contributed by atoms with Gasteiger partial charge in [-0.05, 0) is 19.4 Å². The number of amides is 1. The molecule has 0 radical (unpaired) electrons. The molecule has 0 heterocycles. The van der Waals surface area contributed by atoms with E-state index in [-0.39, 0.29) is 23.6 Å². The average Bonchev–Trinajstić information content (AvgIpc) is 2.44. The highest BCUT2D eigenvalue weighted by Crippen LogP contribution is 2.30. The largest absolute Gasteiger partial charge is 0.487 e. The summed E-state index contributed by atoms with van der Waals surface area (Å²) < 4.78 is 5.21. The van der Waals surface area contributed by atoms with E-state index in [1.54, 1.807) is 13.8 Å². The van der Waals surface area contributed by atoms with Gasteiger partial charge in [-0.3, -0.25) is 14.9 Å². The summed E-state index contributed by atoms with van der Waals surface area (Å²) in [6.07, 6.45) is 0.446. The summed E-state index contributed by atoms with van der Waals surface area (Å²) in [7, 11) is 0. The van der Waals surface area contributed by atoms with Crippen molar-refractivity contribution in [1.82, 2.24) is 5.32 Å². The molecule has 1 aromatic rings. The van der Waals surface area contributed by atoms with E-state index in [0.717, 1.165) is 0 Å². The van der Waals surface area contributed by atoms with Crippen molar-refractivity contribution in [3.8, 4) is 11.8 Å². The van der Waals surface area contributed by atoms with Gasteiger partial charge in [-0.25, -0.2) is 0 Å². The first-order valence-corrected chi connectivity index (χ1v) is 6.15. The first-order valence-electron chi connectivity index (χ1n) is 6.15. The molecule has 0 aliphatic heterocycles. The summed E-state index contributed by atoms with van der Waals surface area (Å²) >= 11 is 0. The second kappa shape index (κ2) is 7.09. The number of nitro groups is 1. The van der Waals surface area contributed by atoms with E-state index in [1.165, 1.54) is 18.2 Å². The summed E-state index contributed by atoms with van der Waals surface area (Å²) in [6, 6.07) is 5.39. The molecule has 1 aromatic carbocycles. The molecule has 0 aliphatic rings. The summed E-state index contributed by atoms with van der Waals surface area (Å²) in [5.74, 6) is -0.643. The molecular formula is C13H15N3O4. The molecule has 1 N–H and O–H groups in total. The van der Waals surface area contributed by atoms with Crippen molar-refractivity contribution < 1.29 is 14.5 Å². The van der Waals surface area contributed by atoms with Crippen molar-refractivity contribution in [3.05, 3.63) is 33.9 Å². The van der Waals surface area contributed by atoms with Gasteiger partial charge in [0.25, 0.3) is 5.91 Å². The number of nitrogens with zero attached hydrogens (tertiary/aromatic N) is 2. The SMILES string of the molecule is CCOc1c(C(=O)NC(C#N)CC)cccc1[N+](=O)[O-]. The molecular weight excluding hydrogens is 262 g/mol. The second-order valence-corrected chi connectivity index (χ2v) is 3.91. The first kappa shape index (κ1) is 15.4. The number of nitrogens with one attached hydrogen (secondary N) is 1. The van der Waals surface area contributed by atoms with Gasteiger partial charge < -0.3 is 10.1 Å². The van der Waals surface area contributed by atoms with E-state index in [0.29, 0.717) is 6.42 Å². The molecule has 0 aliphatic carbocycles. The lowest BCUT2D eigenvalue weighted by Gasteiger charge is -2.12. The molecule has 0 spiro atoms. The highest BCUT2D eigenvalue weighted by Gasteiger charge is 2.24. The number of benzene rings is 1. The van der Waals surface area contributed by atoms with Gasteiger partial charge in [0.05, 0.1) is 23.2 Å². The quantitative estimate of drug-likeness (QED) is 0.632. The lowest BCUT2D eigenvalue weighted by Crippen LogP contribution is -2.33. The smallest absolute Gasteiger partial charge is 0.311 e. The van der Waals surface area contributed by atoms with E-state index in [1.807, 2.05) is 6.07 Å². The van der Waals surface area contributed by atoms with Crippen LogP contribution in [0.15, 0.2) is 18.2 Å². The van der Waals surface area contributed by atoms with Crippen LogP contribution in [0, 0.1) is 21.4 Å². The minimum atomic E-state index is -0.642. The molecule has 1 unspecified atom stereocenters. The van der Waals surface area contributed by atoms with Crippen LogP contribution in [-0.2, 0) is 0 Å². The molecule has 7 heteroatoms. The summed E-state index contributed by atoms with van der Waals surface area (Å²) in [5, 5.41) is 22.3. The minimum absolute atomic E-state index is 0.0507.